The normalized spacial score (nSPS) is 16.4. The molecule has 0 bridgehead atoms. The Bertz CT molecular complexity index is 1330. The van der Waals surface area contributed by atoms with Crippen LogP contribution in [0.3, 0.4) is 0 Å². The van der Waals surface area contributed by atoms with Gasteiger partial charge in [0, 0.05) is 32.2 Å². The Balaban J connectivity index is 1.76. The average Bonchev–Trinajstić information content (AvgIpc) is 3.55. The summed E-state index contributed by atoms with van der Waals surface area (Å²) in [5.74, 6) is 5.48. The molecule has 1 unspecified atom stereocenters. The SMILES string of the molecule is C=CC(=O)N1CC[C@H](n2nc(C#Cc3cc4ncn(CC)c4c(F)c3Cl)c(C(N)O)c2NC)C1. The van der Waals surface area contributed by atoms with Crippen molar-refractivity contribution < 1.29 is 14.3 Å². The van der Waals surface area contributed by atoms with Crippen LogP contribution in [0.15, 0.2) is 25.0 Å². The lowest BCUT2D eigenvalue weighted by Gasteiger charge is -2.17. The number of aliphatic hydroxyl groups is 1. The number of aliphatic hydroxyl groups excluding tert-OH is 1. The molecule has 4 rings (SSSR count). The zero-order chi connectivity index (χ0) is 24.6. The maximum atomic E-state index is 14.9. The number of amides is 1. The highest BCUT2D eigenvalue weighted by Gasteiger charge is 2.31. The van der Waals surface area contributed by atoms with Crippen LogP contribution in [-0.2, 0) is 11.3 Å². The van der Waals surface area contributed by atoms with Crippen molar-refractivity contribution in [1.82, 2.24) is 24.2 Å². The summed E-state index contributed by atoms with van der Waals surface area (Å²) in [4.78, 5) is 17.9. The molecule has 34 heavy (non-hydrogen) atoms. The van der Waals surface area contributed by atoms with Crippen molar-refractivity contribution in [3.05, 3.63) is 52.7 Å². The van der Waals surface area contributed by atoms with E-state index in [-0.39, 0.29) is 28.2 Å². The molecular weight excluding hydrogens is 461 g/mol. The Hall–Kier alpha value is -3.39. The fourth-order valence-electron chi connectivity index (χ4n) is 4.23. The van der Waals surface area contributed by atoms with Gasteiger partial charge < -0.3 is 25.6 Å². The monoisotopic (exact) mass is 485 g/mol. The fourth-order valence-corrected chi connectivity index (χ4v) is 4.42. The van der Waals surface area contributed by atoms with Gasteiger partial charge in [-0.1, -0.05) is 24.1 Å². The first-order valence-corrected chi connectivity index (χ1v) is 11.2. The number of carbonyl (C=O) groups is 1. The van der Waals surface area contributed by atoms with Gasteiger partial charge in [0.15, 0.2) is 5.82 Å². The Labute approximate surface area is 201 Å². The number of nitrogens with two attached hydrogens (primary N) is 1. The van der Waals surface area contributed by atoms with Crippen LogP contribution in [-0.4, -0.2) is 55.4 Å². The molecule has 3 heterocycles. The van der Waals surface area contributed by atoms with Crippen LogP contribution in [0.25, 0.3) is 11.0 Å². The van der Waals surface area contributed by atoms with E-state index in [2.05, 4.69) is 33.8 Å². The molecule has 0 aliphatic carbocycles. The van der Waals surface area contributed by atoms with E-state index < -0.39 is 12.0 Å². The smallest absolute Gasteiger partial charge is 0.246 e. The molecule has 1 aliphatic rings. The van der Waals surface area contributed by atoms with Crippen LogP contribution in [0.4, 0.5) is 10.2 Å². The number of nitrogens with one attached hydrogen (secondary N) is 1. The Kier molecular flexibility index (Phi) is 6.61. The van der Waals surface area contributed by atoms with Crippen LogP contribution in [0.5, 0.6) is 0 Å². The van der Waals surface area contributed by atoms with E-state index in [4.69, 9.17) is 17.3 Å². The minimum Gasteiger partial charge on any atom is -0.374 e. The predicted octanol–water partition coefficient (Wildman–Crippen LogP) is 2.40. The average molecular weight is 486 g/mol. The fraction of sp³-hybridized carbons (Fsp3) is 0.348. The maximum absolute atomic E-state index is 14.9. The van der Waals surface area contributed by atoms with Crippen LogP contribution in [0.2, 0.25) is 5.02 Å². The van der Waals surface area contributed by atoms with Crippen LogP contribution in [0, 0.1) is 17.7 Å². The molecule has 0 radical (unpaired) electrons. The highest BCUT2D eigenvalue weighted by molar-refractivity contribution is 6.32. The van der Waals surface area contributed by atoms with Crippen molar-refractivity contribution in [3.8, 4) is 11.8 Å². The molecule has 2 atom stereocenters. The number of likely N-dealkylation sites (tertiary alicyclic amines) is 1. The molecule has 4 N–H and O–H groups in total. The summed E-state index contributed by atoms with van der Waals surface area (Å²) >= 11 is 6.28. The van der Waals surface area contributed by atoms with Gasteiger partial charge in [0.1, 0.15) is 23.3 Å². The van der Waals surface area contributed by atoms with E-state index in [1.165, 1.54) is 6.08 Å². The lowest BCUT2D eigenvalue weighted by atomic mass is 10.1. The molecule has 9 nitrogen and oxygen atoms in total. The molecule has 3 aromatic rings. The number of nitrogens with zero attached hydrogens (tertiary/aromatic N) is 5. The second kappa shape index (κ2) is 9.46. The van der Waals surface area contributed by atoms with Crippen LogP contribution in [0.1, 0.15) is 42.4 Å². The molecule has 1 amide bonds. The van der Waals surface area contributed by atoms with Gasteiger partial charge in [-0.3, -0.25) is 4.79 Å². The van der Waals surface area contributed by atoms with Gasteiger partial charge in [0.25, 0.3) is 0 Å². The van der Waals surface area contributed by atoms with Crippen LogP contribution < -0.4 is 11.1 Å². The van der Waals surface area contributed by atoms with E-state index in [0.717, 1.165) is 0 Å². The standard InChI is InChI=1S/C23H25ClFN7O2/c1-4-17(33)31-9-8-14(11-31)32-23(27-3)18(22(26)34)15(29-32)7-6-13-10-16-21(20(25)19(13)24)30(5-2)12-28-16/h4,10,12,14,22,27,34H,1,5,8-9,11,26H2,2-3H3/t14-,22?/m0/s1. The molecular formula is C23H25ClFN7O2. The summed E-state index contributed by atoms with van der Waals surface area (Å²) < 4.78 is 18.3. The van der Waals surface area contributed by atoms with Crippen LogP contribution >= 0.6 is 11.6 Å². The third-order valence-electron chi connectivity index (χ3n) is 5.92. The van der Waals surface area contributed by atoms with Gasteiger partial charge in [0.05, 0.1) is 28.5 Å². The molecule has 1 saturated heterocycles. The summed E-state index contributed by atoms with van der Waals surface area (Å²) in [6.07, 6.45) is 2.13. The number of hydrogen-bond donors (Lipinski definition) is 3. The maximum Gasteiger partial charge on any atom is 0.246 e. The van der Waals surface area contributed by atoms with Crippen molar-refractivity contribution >= 4 is 34.4 Å². The van der Waals surface area contributed by atoms with Gasteiger partial charge in [-0.2, -0.15) is 5.10 Å². The summed E-state index contributed by atoms with van der Waals surface area (Å²) in [7, 11) is 1.68. The second-order valence-electron chi connectivity index (χ2n) is 7.88. The van der Waals surface area contributed by atoms with E-state index in [1.807, 2.05) is 6.92 Å². The molecule has 0 spiro atoms. The topological polar surface area (TPSA) is 114 Å². The van der Waals surface area contributed by atoms with Gasteiger partial charge >= 0.3 is 0 Å². The third kappa shape index (κ3) is 4.03. The zero-order valence-electron chi connectivity index (χ0n) is 18.8. The number of imidazole rings is 1. The van der Waals surface area contributed by atoms with Crippen molar-refractivity contribution in [2.24, 2.45) is 5.73 Å². The molecule has 11 heteroatoms. The van der Waals surface area contributed by atoms with Crippen molar-refractivity contribution in [1.29, 1.82) is 0 Å². The molecule has 1 aromatic carbocycles. The van der Waals surface area contributed by atoms with Gasteiger partial charge in [-0.25, -0.2) is 14.1 Å². The first kappa shape index (κ1) is 23.8. The minimum absolute atomic E-state index is 0.118. The Morgan fingerprint density at radius 1 is 1.53 bits per heavy atom. The number of fused-ring (bicyclic) bond motifs is 1. The minimum atomic E-state index is -1.36. The predicted molar refractivity (Wildman–Crippen MR) is 128 cm³/mol. The highest BCUT2D eigenvalue weighted by Crippen LogP contribution is 2.32. The number of rotatable bonds is 5. The van der Waals surface area contributed by atoms with E-state index in [9.17, 15) is 14.3 Å². The molecule has 2 aromatic heterocycles. The van der Waals surface area contributed by atoms with E-state index >= 15 is 0 Å². The highest BCUT2D eigenvalue weighted by atomic mass is 35.5. The van der Waals surface area contributed by atoms with Crippen molar-refractivity contribution in [3.63, 3.8) is 0 Å². The zero-order valence-corrected chi connectivity index (χ0v) is 19.6. The van der Waals surface area contributed by atoms with Gasteiger partial charge in [-0.15, -0.1) is 0 Å². The molecule has 0 saturated carbocycles. The number of halogens is 2. The second-order valence-corrected chi connectivity index (χ2v) is 8.26. The first-order chi connectivity index (χ1) is 16.3. The summed E-state index contributed by atoms with van der Waals surface area (Å²) in [6.45, 7) is 6.95. The summed E-state index contributed by atoms with van der Waals surface area (Å²) in [5, 5.41) is 17.7. The Morgan fingerprint density at radius 3 is 2.94 bits per heavy atom. The number of benzene rings is 1. The van der Waals surface area contributed by atoms with Crippen molar-refractivity contribution in [2.75, 3.05) is 25.5 Å². The van der Waals surface area contributed by atoms with E-state index in [1.54, 1.807) is 33.6 Å². The molecule has 1 aliphatic heterocycles. The van der Waals surface area contributed by atoms with Gasteiger partial charge in [-0.05, 0) is 31.4 Å². The Morgan fingerprint density at radius 2 is 2.29 bits per heavy atom. The largest absolute Gasteiger partial charge is 0.374 e. The number of aromatic nitrogens is 4. The quantitative estimate of drug-likeness (QED) is 0.290. The molecule has 178 valence electrons. The molecule has 1 fully saturated rings. The number of hydrogen-bond acceptors (Lipinski definition) is 6. The summed E-state index contributed by atoms with van der Waals surface area (Å²) in [6, 6.07) is 1.47. The lowest BCUT2D eigenvalue weighted by molar-refractivity contribution is -0.125. The lowest BCUT2D eigenvalue weighted by Crippen LogP contribution is -2.27. The number of aryl methyl sites for hydroxylation is 1. The number of anilines is 1. The summed E-state index contributed by atoms with van der Waals surface area (Å²) in [5.41, 5.74) is 7.36. The van der Waals surface area contributed by atoms with Gasteiger partial charge in [0.2, 0.25) is 5.91 Å². The van der Waals surface area contributed by atoms with Crippen molar-refractivity contribution in [2.45, 2.75) is 32.2 Å². The first-order valence-electron chi connectivity index (χ1n) is 10.8. The van der Waals surface area contributed by atoms with E-state index in [0.29, 0.717) is 48.5 Å². The number of carbonyl (C=O) groups excluding carboxylic acids is 1. The third-order valence-corrected chi connectivity index (χ3v) is 6.29.